The monoisotopic (exact) mass is 459 g/mol. The summed E-state index contributed by atoms with van der Waals surface area (Å²) in [7, 11) is 0. The van der Waals surface area contributed by atoms with E-state index < -0.39 is 11.7 Å². The fourth-order valence-corrected chi connectivity index (χ4v) is 4.03. The van der Waals surface area contributed by atoms with E-state index in [0.717, 1.165) is 5.70 Å². The lowest BCUT2D eigenvalue weighted by molar-refractivity contribution is 0.0945. The molecule has 0 bridgehead atoms. The van der Waals surface area contributed by atoms with Crippen LogP contribution in [0.2, 0.25) is 5.02 Å². The van der Waals surface area contributed by atoms with Crippen molar-refractivity contribution in [2.24, 2.45) is 5.92 Å². The molecule has 158 valence electrons. The third-order valence-electron chi connectivity index (χ3n) is 5.17. The zero-order chi connectivity index (χ0) is 21.5. The average Bonchev–Trinajstić information content (AvgIpc) is 3.47. The maximum absolute atomic E-state index is 14.3. The molecule has 0 radical (unpaired) electrons. The molecule has 0 fully saturated rings. The molecule has 2 aliphatic rings. The van der Waals surface area contributed by atoms with Crippen LogP contribution in [0.3, 0.4) is 0 Å². The molecule has 2 atom stereocenters. The minimum absolute atomic E-state index is 0.00792. The Labute approximate surface area is 186 Å². The fraction of sp³-hybridized carbons (Fsp3) is 0.200. The van der Waals surface area contributed by atoms with Gasteiger partial charge in [0.15, 0.2) is 11.5 Å². The molecule has 0 aromatic carbocycles. The van der Waals surface area contributed by atoms with Crippen molar-refractivity contribution in [1.29, 1.82) is 0 Å². The van der Waals surface area contributed by atoms with Crippen molar-refractivity contribution in [3.05, 3.63) is 82.0 Å². The van der Waals surface area contributed by atoms with Crippen molar-refractivity contribution in [3.8, 4) is 0 Å². The summed E-state index contributed by atoms with van der Waals surface area (Å²) in [6.45, 7) is 0.469. The van der Waals surface area contributed by atoms with Gasteiger partial charge in [-0.3, -0.25) is 4.79 Å². The van der Waals surface area contributed by atoms with Crippen molar-refractivity contribution >= 4 is 34.6 Å². The van der Waals surface area contributed by atoms with Crippen LogP contribution < -0.4 is 10.6 Å². The van der Waals surface area contributed by atoms with E-state index in [1.54, 1.807) is 17.1 Å². The highest BCUT2D eigenvalue weighted by atomic mass is 35.5. The van der Waals surface area contributed by atoms with Gasteiger partial charge in [0.1, 0.15) is 5.52 Å². The highest BCUT2D eigenvalue weighted by Gasteiger charge is 2.26. The van der Waals surface area contributed by atoms with Gasteiger partial charge in [-0.05, 0) is 18.2 Å². The summed E-state index contributed by atoms with van der Waals surface area (Å²) in [5.41, 5.74) is 1.71. The lowest BCUT2D eigenvalue weighted by Gasteiger charge is -2.17. The second-order valence-electron chi connectivity index (χ2n) is 7.26. The Balaban J connectivity index is 1.23. The third-order valence-corrected chi connectivity index (χ3v) is 5.71. The number of nitrogens with zero attached hydrogens (tertiary/aromatic N) is 5. The molecule has 8 nitrogen and oxygen atoms in total. The third kappa shape index (κ3) is 3.82. The smallest absolute Gasteiger partial charge is 0.273 e. The van der Waals surface area contributed by atoms with Gasteiger partial charge in [0.2, 0.25) is 0 Å². The van der Waals surface area contributed by atoms with Gasteiger partial charge < -0.3 is 15.0 Å². The first kappa shape index (κ1) is 19.8. The number of allylic oxidation sites excluding steroid dienone is 3. The Kier molecular flexibility index (Phi) is 4.99. The molecule has 2 N–H and O–H groups in total. The van der Waals surface area contributed by atoms with Crippen molar-refractivity contribution in [2.75, 3.05) is 0 Å². The first-order valence-corrected chi connectivity index (χ1v) is 10.2. The Morgan fingerprint density at radius 1 is 1.32 bits per heavy atom. The number of carbonyl (C=O) groups excluding carboxylic acids is 1. The maximum atomic E-state index is 14.3. The number of carbonyl (C=O) groups is 1. The van der Waals surface area contributed by atoms with E-state index in [1.807, 2.05) is 18.2 Å². The molecule has 0 saturated heterocycles. The summed E-state index contributed by atoms with van der Waals surface area (Å²) in [5.74, 6) is -0.780. The van der Waals surface area contributed by atoms with E-state index >= 15 is 0 Å². The zero-order valence-electron chi connectivity index (χ0n) is 16.0. The van der Waals surface area contributed by atoms with Gasteiger partial charge in [-0.2, -0.15) is 0 Å². The number of rotatable bonds is 5. The first-order valence-electron chi connectivity index (χ1n) is 9.48. The minimum Gasteiger partial charge on any atom is -0.380 e. The fourth-order valence-electron chi connectivity index (χ4n) is 3.67. The van der Waals surface area contributed by atoms with Gasteiger partial charge in [-0.1, -0.05) is 40.6 Å². The van der Waals surface area contributed by atoms with E-state index in [9.17, 15) is 9.18 Å². The van der Waals surface area contributed by atoms with Gasteiger partial charge in [-0.25, -0.2) is 14.1 Å². The highest BCUT2D eigenvalue weighted by Crippen LogP contribution is 2.27. The molecule has 3 aromatic rings. The van der Waals surface area contributed by atoms with Gasteiger partial charge in [0.25, 0.3) is 5.91 Å². The van der Waals surface area contributed by atoms with Crippen molar-refractivity contribution in [2.45, 2.75) is 19.1 Å². The van der Waals surface area contributed by atoms with Crippen LogP contribution >= 0.6 is 23.2 Å². The number of halogens is 3. The van der Waals surface area contributed by atoms with Crippen LogP contribution in [0, 0.1) is 11.7 Å². The van der Waals surface area contributed by atoms with E-state index in [1.165, 1.54) is 16.8 Å². The lowest BCUT2D eigenvalue weighted by Crippen LogP contribution is -2.28. The number of hydrogen-bond donors (Lipinski definition) is 2. The number of pyridine rings is 1. The minimum atomic E-state index is -0.583. The highest BCUT2D eigenvalue weighted by molar-refractivity contribution is 6.31. The Morgan fingerprint density at radius 3 is 3.06 bits per heavy atom. The predicted octanol–water partition coefficient (Wildman–Crippen LogP) is 2.81. The standard InChI is InChI=1S/C20H16Cl2FN7O/c21-12-2-1-11-5-13(26-15(11)6-12)8-30-9-17(27-28-30)20(31)24-7-16-19-18(23)14(22)3-4-29(19)10-25-16/h1-6,9-11,15,26H,7-8H2,(H,24,31). The van der Waals surface area contributed by atoms with E-state index in [0.29, 0.717) is 17.3 Å². The molecule has 0 saturated carbocycles. The van der Waals surface area contributed by atoms with Crippen molar-refractivity contribution in [1.82, 2.24) is 35.0 Å². The number of amides is 1. The van der Waals surface area contributed by atoms with Crippen molar-refractivity contribution < 1.29 is 9.18 Å². The topological polar surface area (TPSA) is 89.1 Å². The first-order chi connectivity index (χ1) is 15.0. The number of aromatic nitrogens is 5. The van der Waals surface area contributed by atoms with Gasteiger partial charge in [0, 0.05) is 22.8 Å². The van der Waals surface area contributed by atoms with Crippen LogP contribution in [0.25, 0.3) is 5.52 Å². The molecule has 1 aliphatic heterocycles. The van der Waals surface area contributed by atoms with Crippen LogP contribution in [0.1, 0.15) is 16.2 Å². The van der Waals surface area contributed by atoms with Gasteiger partial charge >= 0.3 is 0 Å². The molecule has 2 unspecified atom stereocenters. The SMILES string of the molecule is O=C(NCc1ncn2ccc(Cl)c(F)c12)c1cn(CC2=CC3C=CC(Cl)=CC3N2)nn1. The quantitative estimate of drug-likeness (QED) is 0.612. The zero-order valence-corrected chi connectivity index (χ0v) is 17.5. The van der Waals surface area contributed by atoms with E-state index in [-0.39, 0.29) is 34.7 Å². The number of fused-ring (bicyclic) bond motifs is 2. The van der Waals surface area contributed by atoms with Crippen LogP contribution in [-0.4, -0.2) is 36.3 Å². The molecule has 31 heavy (non-hydrogen) atoms. The molecule has 4 heterocycles. The number of imidazole rings is 1. The molecular weight excluding hydrogens is 444 g/mol. The van der Waals surface area contributed by atoms with Crippen molar-refractivity contribution in [3.63, 3.8) is 0 Å². The van der Waals surface area contributed by atoms with Crippen LogP contribution in [-0.2, 0) is 13.1 Å². The summed E-state index contributed by atoms with van der Waals surface area (Å²) >= 11 is 11.9. The summed E-state index contributed by atoms with van der Waals surface area (Å²) < 4.78 is 17.4. The summed E-state index contributed by atoms with van der Waals surface area (Å²) in [4.78, 5) is 16.6. The Morgan fingerprint density at radius 2 is 2.19 bits per heavy atom. The van der Waals surface area contributed by atoms with Gasteiger partial charge in [-0.15, -0.1) is 5.10 Å². The second kappa shape index (κ2) is 7.82. The molecule has 0 spiro atoms. The predicted molar refractivity (Wildman–Crippen MR) is 113 cm³/mol. The normalized spacial score (nSPS) is 19.7. The second-order valence-corrected chi connectivity index (χ2v) is 8.10. The van der Waals surface area contributed by atoms with E-state index in [2.05, 4.69) is 32.0 Å². The molecular formula is C20H16Cl2FN7O. The Bertz CT molecular complexity index is 1280. The Hall–Kier alpha value is -3.17. The molecule has 11 heteroatoms. The molecule has 3 aromatic heterocycles. The summed E-state index contributed by atoms with van der Waals surface area (Å²) in [6.07, 6.45) is 12.6. The van der Waals surface area contributed by atoms with Crippen LogP contribution in [0.4, 0.5) is 4.39 Å². The van der Waals surface area contributed by atoms with E-state index in [4.69, 9.17) is 23.2 Å². The molecule has 5 rings (SSSR count). The van der Waals surface area contributed by atoms with Gasteiger partial charge in [0.05, 0.1) is 42.4 Å². The molecule has 1 aliphatic carbocycles. The number of hydrogen-bond acceptors (Lipinski definition) is 5. The lowest BCUT2D eigenvalue weighted by atomic mass is 9.98. The largest absolute Gasteiger partial charge is 0.380 e. The van der Waals surface area contributed by atoms with Crippen LogP contribution in [0.15, 0.2) is 59.8 Å². The maximum Gasteiger partial charge on any atom is 0.273 e. The number of nitrogens with one attached hydrogen (secondary N) is 2. The van der Waals surface area contributed by atoms with Crippen LogP contribution in [0.5, 0.6) is 0 Å². The summed E-state index contributed by atoms with van der Waals surface area (Å²) in [5, 5.41) is 14.7. The molecule has 1 amide bonds. The average molecular weight is 460 g/mol. The summed E-state index contributed by atoms with van der Waals surface area (Å²) in [6, 6.07) is 1.56.